The first kappa shape index (κ1) is 24.8. The summed E-state index contributed by atoms with van der Waals surface area (Å²) >= 11 is 0. The summed E-state index contributed by atoms with van der Waals surface area (Å²) < 4.78 is 16.5. The van der Waals surface area contributed by atoms with Crippen LogP contribution in [0.25, 0.3) is 6.08 Å². The lowest BCUT2D eigenvalue weighted by Gasteiger charge is -2.40. The second-order valence-electron chi connectivity index (χ2n) is 7.58. The molecule has 1 heterocycles. The quantitative estimate of drug-likeness (QED) is 0.340. The van der Waals surface area contributed by atoms with E-state index in [2.05, 4.69) is 5.32 Å². The zero-order valence-electron chi connectivity index (χ0n) is 18.2. The predicted molar refractivity (Wildman–Crippen MR) is 119 cm³/mol. The van der Waals surface area contributed by atoms with E-state index >= 15 is 0 Å². The van der Waals surface area contributed by atoms with Gasteiger partial charge in [0.1, 0.15) is 36.3 Å². The van der Waals surface area contributed by atoms with Crippen molar-refractivity contribution in [1.29, 1.82) is 0 Å². The van der Waals surface area contributed by atoms with Gasteiger partial charge in [0.25, 0.3) is 0 Å². The molecule has 9 nitrogen and oxygen atoms in total. The summed E-state index contributed by atoms with van der Waals surface area (Å²) in [5.74, 6) is 0.273. The van der Waals surface area contributed by atoms with Gasteiger partial charge in [-0.2, -0.15) is 0 Å². The summed E-state index contributed by atoms with van der Waals surface area (Å²) in [5, 5.41) is 42.5. The van der Waals surface area contributed by atoms with Crippen molar-refractivity contribution in [2.45, 2.75) is 36.8 Å². The van der Waals surface area contributed by atoms with Gasteiger partial charge in [0.15, 0.2) is 6.29 Å². The minimum absolute atomic E-state index is 0.0271. The summed E-state index contributed by atoms with van der Waals surface area (Å²) in [6, 6.07) is 16.3. The molecule has 0 radical (unpaired) electrons. The molecule has 2 aromatic carbocycles. The molecule has 9 heteroatoms. The topological polar surface area (TPSA) is 138 Å². The smallest absolute Gasteiger partial charge is 0.244 e. The van der Waals surface area contributed by atoms with E-state index in [4.69, 9.17) is 14.2 Å². The second-order valence-corrected chi connectivity index (χ2v) is 7.58. The van der Waals surface area contributed by atoms with Crippen molar-refractivity contribution in [1.82, 2.24) is 5.32 Å². The van der Waals surface area contributed by atoms with E-state index in [0.717, 1.165) is 5.56 Å². The van der Waals surface area contributed by atoms with Crippen molar-refractivity contribution in [2.75, 3.05) is 20.3 Å². The van der Waals surface area contributed by atoms with E-state index in [0.29, 0.717) is 11.3 Å². The first-order valence-electron chi connectivity index (χ1n) is 10.5. The maximum atomic E-state index is 12.3. The van der Waals surface area contributed by atoms with E-state index in [1.807, 2.05) is 30.3 Å². The summed E-state index contributed by atoms with van der Waals surface area (Å²) in [6.07, 6.45) is -4.76. The van der Waals surface area contributed by atoms with Gasteiger partial charge in [-0.3, -0.25) is 4.79 Å². The molecule has 178 valence electrons. The molecule has 6 atom stereocenters. The van der Waals surface area contributed by atoms with Crippen molar-refractivity contribution >= 4 is 12.0 Å². The number of methoxy groups -OCH3 is 1. The van der Waals surface area contributed by atoms with E-state index in [-0.39, 0.29) is 12.5 Å². The van der Waals surface area contributed by atoms with Crippen LogP contribution in [0.2, 0.25) is 0 Å². The number of hydrogen-bond donors (Lipinski definition) is 5. The molecule has 1 fully saturated rings. The molecule has 0 saturated carbocycles. The fraction of sp³-hybridized carbons (Fsp3) is 0.375. The molecule has 33 heavy (non-hydrogen) atoms. The van der Waals surface area contributed by atoms with Crippen LogP contribution in [0.15, 0.2) is 60.7 Å². The van der Waals surface area contributed by atoms with Gasteiger partial charge in [-0.15, -0.1) is 0 Å². The first-order chi connectivity index (χ1) is 15.9. The van der Waals surface area contributed by atoms with Crippen LogP contribution in [0, 0.1) is 0 Å². The molecule has 0 aliphatic carbocycles. The average Bonchev–Trinajstić information content (AvgIpc) is 2.85. The average molecular weight is 459 g/mol. The zero-order chi connectivity index (χ0) is 23.8. The molecule has 1 aliphatic heterocycles. The lowest BCUT2D eigenvalue weighted by molar-refractivity contribution is -0.311. The minimum atomic E-state index is -1.57. The Morgan fingerprint density at radius 1 is 1.06 bits per heavy atom. The third-order valence-electron chi connectivity index (χ3n) is 5.32. The molecule has 0 unspecified atom stereocenters. The third-order valence-corrected chi connectivity index (χ3v) is 5.32. The summed E-state index contributed by atoms with van der Waals surface area (Å²) in [6.45, 7) is -0.543. The number of carbonyl (C=O) groups excluding carboxylic acids is 1. The Morgan fingerprint density at radius 3 is 2.39 bits per heavy atom. The molecule has 0 spiro atoms. The number of aliphatic hydroxyl groups is 4. The number of aliphatic hydroxyl groups excluding tert-OH is 4. The fourth-order valence-electron chi connectivity index (χ4n) is 3.39. The van der Waals surface area contributed by atoms with Gasteiger partial charge < -0.3 is 40.0 Å². The van der Waals surface area contributed by atoms with E-state index in [1.165, 1.54) is 13.2 Å². The number of amides is 1. The zero-order valence-corrected chi connectivity index (χ0v) is 18.2. The Kier molecular flexibility index (Phi) is 8.95. The highest BCUT2D eigenvalue weighted by Gasteiger charge is 2.44. The predicted octanol–water partition coefficient (Wildman–Crippen LogP) is 0.382. The van der Waals surface area contributed by atoms with Crippen molar-refractivity contribution < 1.29 is 39.4 Å². The molecule has 1 aliphatic rings. The van der Waals surface area contributed by atoms with E-state index < -0.39 is 43.4 Å². The Labute approximate surface area is 191 Å². The van der Waals surface area contributed by atoms with Gasteiger partial charge in [-0.1, -0.05) is 42.5 Å². The number of carbonyl (C=O) groups is 1. The van der Waals surface area contributed by atoms with Crippen LogP contribution in [0.4, 0.5) is 0 Å². The van der Waals surface area contributed by atoms with Crippen LogP contribution in [-0.2, 0) is 14.3 Å². The molecule has 0 aromatic heterocycles. The van der Waals surface area contributed by atoms with Gasteiger partial charge in [0.2, 0.25) is 5.91 Å². The Bertz CT molecular complexity index is 902. The van der Waals surface area contributed by atoms with Crippen LogP contribution < -0.4 is 10.1 Å². The van der Waals surface area contributed by atoms with Crippen LogP contribution in [0.3, 0.4) is 0 Å². The Balaban J connectivity index is 1.72. The molecule has 1 amide bonds. The van der Waals surface area contributed by atoms with Crippen LogP contribution in [-0.4, -0.2) is 77.3 Å². The SMILES string of the molecule is COc1ccc([C@@H](CNC(=O)/C=C/c2ccccc2)O[C@@H]2O[C@H](CO)[C@@H](O)[C@H](O)[C@H]2O)cc1. The largest absolute Gasteiger partial charge is 0.497 e. The molecule has 3 rings (SSSR count). The minimum Gasteiger partial charge on any atom is -0.497 e. The molecule has 2 aromatic rings. The number of ether oxygens (including phenoxy) is 3. The third kappa shape index (κ3) is 6.61. The maximum Gasteiger partial charge on any atom is 0.244 e. The number of benzene rings is 2. The molecular weight excluding hydrogens is 430 g/mol. The number of hydrogen-bond acceptors (Lipinski definition) is 8. The van der Waals surface area contributed by atoms with E-state index in [1.54, 1.807) is 30.3 Å². The summed E-state index contributed by atoms with van der Waals surface area (Å²) in [4.78, 5) is 12.3. The molecule has 0 bridgehead atoms. The number of rotatable bonds is 9. The standard InChI is InChI=1S/C24H29NO8/c1-31-17-10-8-16(9-11-17)18(13-25-20(27)12-7-15-5-3-2-4-6-15)32-24-23(30)22(29)21(28)19(14-26)33-24/h2-12,18-19,21-24,26,28-30H,13-14H2,1H3,(H,25,27)/b12-7+/t18-,19-,21-,22+,23-,24-/m1/s1. The Hall–Kier alpha value is -2.79. The second kappa shape index (κ2) is 11.9. The highest BCUT2D eigenvalue weighted by atomic mass is 16.7. The first-order valence-corrected chi connectivity index (χ1v) is 10.5. The fourth-order valence-corrected chi connectivity index (χ4v) is 3.39. The van der Waals surface area contributed by atoms with Crippen molar-refractivity contribution in [3.63, 3.8) is 0 Å². The maximum absolute atomic E-state index is 12.3. The molecule has 5 N–H and O–H groups in total. The van der Waals surface area contributed by atoms with Crippen LogP contribution in [0.1, 0.15) is 17.2 Å². The van der Waals surface area contributed by atoms with Crippen molar-refractivity contribution in [3.05, 3.63) is 71.8 Å². The summed E-state index contributed by atoms with van der Waals surface area (Å²) in [5.41, 5.74) is 1.53. The summed E-state index contributed by atoms with van der Waals surface area (Å²) in [7, 11) is 1.54. The lowest BCUT2D eigenvalue weighted by Crippen LogP contribution is -2.59. The van der Waals surface area contributed by atoms with Gasteiger partial charge in [0.05, 0.1) is 13.7 Å². The molecular formula is C24H29NO8. The number of nitrogens with one attached hydrogen (secondary N) is 1. The highest BCUT2D eigenvalue weighted by molar-refractivity contribution is 5.91. The Morgan fingerprint density at radius 2 is 1.76 bits per heavy atom. The van der Waals surface area contributed by atoms with Gasteiger partial charge in [-0.05, 0) is 29.3 Å². The molecule has 1 saturated heterocycles. The van der Waals surface area contributed by atoms with Gasteiger partial charge >= 0.3 is 0 Å². The van der Waals surface area contributed by atoms with Crippen LogP contribution in [0.5, 0.6) is 5.75 Å². The lowest BCUT2D eigenvalue weighted by atomic mass is 9.99. The van der Waals surface area contributed by atoms with Gasteiger partial charge in [-0.25, -0.2) is 0 Å². The normalized spacial score (nSPS) is 26.2. The monoisotopic (exact) mass is 459 g/mol. The van der Waals surface area contributed by atoms with Crippen molar-refractivity contribution in [2.24, 2.45) is 0 Å². The van der Waals surface area contributed by atoms with E-state index in [9.17, 15) is 25.2 Å². The van der Waals surface area contributed by atoms with Crippen molar-refractivity contribution in [3.8, 4) is 5.75 Å². The van der Waals surface area contributed by atoms with Gasteiger partial charge in [0, 0.05) is 12.6 Å². The highest BCUT2D eigenvalue weighted by Crippen LogP contribution is 2.28. The van der Waals surface area contributed by atoms with Crippen LogP contribution >= 0.6 is 0 Å².